The number of ether oxygens (including phenoxy) is 2. The highest BCUT2D eigenvalue weighted by Crippen LogP contribution is 2.39. The van der Waals surface area contributed by atoms with E-state index in [1.807, 2.05) is 12.1 Å². The van der Waals surface area contributed by atoms with Crippen LogP contribution in [0.1, 0.15) is 51.0 Å². The molecule has 1 aromatic carbocycles. The predicted octanol–water partition coefficient (Wildman–Crippen LogP) is 5.48. The van der Waals surface area contributed by atoms with Gasteiger partial charge >= 0.3 is 5.97 Å². The molecular weight excluding hydrogens is 490 g/mol. The van der Waals surface area contributed by atoms with Gasteiger partial charge in [0.15, 0.2) is 11.5 Å². The van der Waals surface area contributed by atoms with Crippen LogP contribution in [0.2, 0.25) is 0 Å². The van der Waals surface area contributed by atoms with Crippen LogP contribution in [0.15, 0.2) is 21.5 Å². The van der Waals surface area contributed by atoms with Crippen LogP contribution in [0.25, 0.3) is 6.08 Å². The van der Waals surface area contributed by atoms with E-state index in [-0.39, 0.29) is 12.3 Å². The van der Waals surface area contributed by atoms with Gasteiger partial charge in [-0.1, -0.05) is 43.7 Å². The van der Waals surface area contributed by atoms with E-state index >= 15 is 0 Å². The zero-order valence-corrected chi connectivity index (χ0v) is 20.3. The highest BCUT2D eigenvalue weighted by Gasteiger charge is 2.31. The largest absolute Gasteiger partial charge is 0.493 e. The van der Waals surface area contributed by atoms with Crippen LogP contribution >= 0.6 is 39.9 Å². The van der Waals surface area contributed by atoms with Crippen molar-refractivity contribution < 1.29 is 24.2 Å². The molecule has 0 unspecified atom stereocenters. The minimum atomic E-state index is -0.799. The first kappa shape index (κ1) is 24.7. The van der Waals surface area contributed by atoms with E-state index in [4.69, 9.17) is 26.8 Å². The number of hydrogen-bond acceptors (Lipinski definition) is 6. The van der Waals surface area contributed by atoms with Crippen molar-refractivity contribution in [2.75, 3.05) is 20.3 Å². The molecule has 0 aliphatic carbocycles. The molecule has 1 aliphatic heterocycles. The second kappa shape index (κ2) is 12.3. The first-order valence-corrected chi connectivity index (χ1v) is 11.9. The van der Waals surface area contributed by atoms with E-state index in [1.165, 1.54) is 11.8 Å². The van der Waals surface area contributed by atoms with Crippen LogP contribution in [-0.4, -0.2) is 46.5 Å². The third-order valence-electron chi connectivity index (χ3n) is 4.44. The summed E-state index contributed by atoms with van der Waals surface area (Å²) < 4.78 is 12.6. The highest BCUT2D eigenvalue weighted by molar-refractivity contribution is 9.10. The predicted molar refractivity (Wildman–Crippen MR) is 127 cm³/mol. The van der Waals surface area contributed by atoms with Gasteiger partial charge in [0.2, 0.25) is 0 Å². The Morgan fingerprint density at radius 2 is 2.07 bits per heavy atom. The van der Waals surface area contributed by atoms with Gasteiger partial charge in [-0.3, -0.25) is 14.5 Å². The second-order valence-electron chi connectivity index (χ2n) is 6.77. The number of halogens is 1. The normalized spacial score (nSPS) is 15.2. The molecule has 1 fully saturated rings. The average Bonchev–Trinajstić information content (AvgIpc) is 2.96. The lowest BCUT2D eigenvalue weighted by molar-refractivity contribution is -0.137. The molecule has 0 atom stereocenters. The Morgan fingerprint density at radius 3 is 2.73 bits per heavy atom. The number of carbonyl (C=O) groups excluding carboxylic acids is 1. The maximum atomic E-state index is 12.8. The molecule has 0 spiro atoms. The van der Waals surface area contributed by atoms with Gasteiger partial charge in [0.1, 0.15) is 4.32 Å². The van der Waals surface area contributed by atoms with Crippen LogP contribution in [0.3, 0.4) is 0 Å². The fraction of sp³-hybridized carbons (Fsp3) is 0.476. The molecule has 1 amide bonds. The van der Waals surface area contributed by atoms with E-state index in [2.05, 4.69) is 22.9 Å². The molecule has 0 bridgehead atoms. The SMILES string of the molecule is CCCCOc1c(Br)cc(/C=C2\SC(=S)N(CCCCCC(=O)O)C2=O)cc1OC. The van der Waals surface area contributed by atoms with Gasteiger partial charge < -0.3 is 14.6 Å². The number of unbranched alkanes of at least 4 members (excludes halogenated alkanes) is 3. The zero-order chi connectivity index (χ0) is 22.1. The number of nitrogens with zero attached hydrogens (tertiary/aromatic N) is 1. The van der Waals surface area contributed by atoms with E-state index in [0.29, 0.717) is 40.3 Å². The van der Waals surface area contributed by atoms with Gasteiger partial charge in [0.05, 0.1) is 23.1 Å². The lowest BCUT2D eigenvalue weighted by Crippen LogP contribution is -2.29. The van der Waals surface area contributed by atoms with Crippen molar-refractivity contribution in [2.45, 2.75) is 45.4 Å². The Bertz CT molecular complexity index is 828. The van der Waals surface area contributed by atoms with E-state index in [0.717, 1.165) is 35.7 Å². The van der Waals surface area contributed by atoms with Crippen molar-refractivity contribution in [3.8, 4) is 11.5 Å². The number of rotatable bonds is 12. The van der Waals surface area contributed by atoms with Crippen LogP contribution in [0.4, 0.5) is 0 Å². The molecule has 1 saturated heterocycles. The van der Waals surface area contributed by atoms with Gasteiger partial charge in [-0.25, -0.2) is 0 Å². The van der Waals surface area contributed by atoms with Gasteiger partial charge in [-0.15, -0.1) is 0 Å². The molecule has 6 nitrogen and oxygen atoms in total. The molecule has 0 saturated carbocycles. The van der Waals surface area contributed by atoms with E-state index in [1.54, 1.807) is 18.1 Å². The van der Waals surface area contributed by atoms with Crippen LogP contribution in [0, 0.1) is 0 Å². The molecule has 1 aliphatic rings. The standard InChI is InChI=1S/C21H26BrNO5S2/c1-3-4-10-28-19-15(22)11-14(12-16(19)27-2)13-17-20(26)23(21(29)30-17)9-7-5-6-8-18(24)25/h11-13H,3-10H2,1-2H3,(H,24,25)/b17-13-. The van der Waals surface area contributed by atoms with Crippen molar-refractivity contribution >= 4 is 62.2 Å². The minimum absolute atomic E-state index is 0.124. The summed E-state index contributed by atoms with van der Waals surface area (Å²) in [6.45, 7) is 3.21. The van der Waals surface area contributed by atoms with Crippen molar-refractivity contribution in [1.82, 2.24) is 4.90 Å². The minimum Gasteiger partial charge on any atom is -0.493 e. The van der Waals surface area contributed by atoms with Gasteiger partial charge in [0.25, 0.3) is 5.91 Å². The fourth-order valence-electron chi connectivity index (χ4n) is 2.85. The van der Waals surface area contributed by atoms with E-state index < -0.39 is 5.97 Å². The number of hydrogen-bond donors (Lipinski definition) is 1. The summed E-state index contributed by atoms with van der Waals surface area (Å²) in [6.07, 6.45) is 6.00. The van der Waals surface area contributed by atoms with Crippen molar-refractivity contribution in [1.29, 1.82) is 0 Å². The fourth-order valence-corrected chi connectivity index (χ4v) is 4.73. The van der Waals surface area contributed by atoms with Crippen molar-refractivity contribution in [3.05, 3.63) is 27.1 Å². The smallest absolute Gasteiger partial charge is 0.303 e. The third-order valence-corrected chi connectivity index (χ3v) is 6.41. The molecule has 2 rings (SSSR count). The molecule has 1 aromatic rings. The summed E-state index contributed by atoms with van der Waals surface area (Å²) in [4.78, 5) is 25.5. The van der Waals surface area contributed by atoms with Crippen molar-refractivity contribution in [3.63, 3.8) is 0 Å². The first-order valence-electron chi connectivity index (χ1n) is 9.84. The zero-order valence-electron chi connectivity index (χ0n) is 17.1. The third kappa shape index (κ3) is 6.99. The number of aliphatic carboxylic acids is 1. The Morgan fingerprint density at radius 1 is 1.30 bits per heavy atom. The maximum Gasteiger partial charge on any atom is 0.303 e. The monoisotopic (exact) mass is 515 g/mol. The van der Waals surface area contributed by atoms with E-state index in [9.17, 15) is 9.59 Å². The molecule has 30 heavy (non-hydrogen) atoms. The highest BCUT2D eigenvalue weighted by atomic mass is 79.9. The molecule has 164 valence electrons. The number of benzene rings is 1. The van der Waals surface area contributed by atoms with Gasteiger partial charge in [-0.2, -0.15) is 0 Å². The summed E-state index contributed by atoms with van der Waals surface area (Å²) >= 11 is 10.2. The van der Waals surface area contributed by atoms with Gasteiger partial charge in [0, 0.05) is 13.0 Å². The molecule has 1 heterocycles. The summed E-state index contributed by atoms with van der Waals surface area (Å²) in [5, 5.41) is 8.69. The number of carbonyl (C=O) groups is 2. The topological polar surface area (TPSA) is 76.1 Å². The number of carboxylic acids is 1. The molecule has 0 radical (unpaired) electrons. The van der Waals surface area contributed by atoms with Crippen LogP contribution in [-0.2, 0) is 9.59 Å². The van der Waals surface area contributed by atoms with Crippen LogP contribution in [0.5, 0.6) is 11.5 Å². The number of thiocarbonyl (C=S) groups is 1. The number of thioether (sulfide) groups is 1. The number of amides is 1. The Labute approximate surface area is 195 Å². The molecule has 0 aromatic heterocycles. The Hall–Kier alpha value is -1.58. The van der Waals surface area contributed by atoms with Crippen LogP contribution < -0.4 is 9.47 Å². The molecule has 9 heteroatoms. The summed E-state index contributed by atoms with van der Waals surface area (Å²) in [6, 6.07) is 3.73. The Balaban J connectivity index is 2.07. The Kier molecular flexibility index (Phi) is 10.1. The van der Waals surface area contributed by atoms with Crippen molar-refractivity contribution in [2.24, 2.45) is 0 Å². The number of methoxy groups -OCH3 is 1. The second-order valence-corrected chi connectivity index (χ2v) is 9.30. The molecular formula is C21H26BrNO5S2. The number of carboxylic acid groups (broad SMARTS) is 1. The summed E-state index contributed by atoms with van der Waals surface area (Å²) in [7, 11) is 1.59. The average molecular weight is 516 g/mol. The maximum absolute atomic E-state index is 12.8. The summed E-state index contributed by atoms with van der Waals surface area (Å²) in [5.41, 5.74) is 0.809. The first-order chi connectivity index (χ1) is 14.4. The summed E-state index contributed by atoms with van der Waals surface area (Å²) in [5.74, 6) is 0.325. The lowest BCUT2D eigenvalue weighted by atomic mass is 10.1. The lowest BCUT2D eigenvalue weighted by Gasteiger charge is -2.14. The quantitative estimate of drug-likeness (QED) is 0.224. The molecule has 1 N–H and O–H groups in total. The van der Waals surface area contributed by atoms with Gasteiger partial charge in [-0.05, 0) is 59.0 Å².